The molecule has 1 unspecified atom stereocenters. The fraction of sp³-hybridized carbons (Fsp3) is 0.263. The number of carboxylic acids is 1. The Hall–Kier alpha value is -2.82. The minimum absolute atomic E-state index is 0.0697. The van der Waals surface area contributed by atoms with Crippen molar-refractivity contribution < 1.29 is 24.2 Å². The number of aliphatic carboxylic acids is 1. The first-order valence-electron chi connectivity index (χ1n) is 7.57. The van der Waals surface area contributed by atoms with Crippen LogP contribution in [-0.2, 0) is 11.2 Å². The van der Waals surface area contributed by atoms with E-state index in [9.17, 15) is 14.7 Å². The molecule has 0 heterocycles. The van der Waals surface area contributed by atoms with Crippen molar-refractivity contribution >= 4 is 11.8 Å². The molecule has 0 spiro atoms. The fourth-order valence-electron chi connectivity index (χ4n) is 2.50. The Morgan fingerprint density at radius 2 is 1.67 bits per heavy atom. The lowest BCUT2D eigenvalue weighted by molar-refractivity contribution is -0.141. The minimum atomic E-state index is -0.979. The lowest BCUT2D eigenvalue weighted by Gasteiger charge is -2.13. The number of carbonyl (C=O) groups excluding carboxylic acids is 1. The first kappa shape index (κ1) is 17.5. The van der Waals surface area contributed by atoms with Gasteiger partial charge in [-0.05, 0) is 30.2 Å². The quantitative estimate of drug-likeness (QED) is 0.753. The molecule has 1 N–H and O–H groups in total. The van der Waals surface area contributed by atoms with E-state index in [0.29, 0.717) is 23.5 Å². The van der Waals surface area contributed by atoms with E-state index < -0.39 is 11.9 Å². The molecule has 5 heteroatoms. The van der Waals surface area contributed by atoms with Gasteiger partial charge in [0.2, 0.25) is 0 Å². The van der Waals surface area contributed by atoms with Crippen LogP contribution in [0.2, 0.25) is 0 Å². The monoisotopic (exact) mass is 328 g/mol. The standard InChI is InChI=1S/C19H20O5/c1-23-17-9-8-14(12-18(17)24-2)16(20)11-15(19(21)22)10-13-6-4-3-5-7-13/h3-9,12,15H,10-11H2,1-2H3,(H,21,22). The number of benzene rings is 2. The van der Waals surface area contributed by atoms with Crippen molar-refractivity contribution in [1.82, 2.24) is 0 Å². The molecule has 126 valence electrons. The molecule has 1 atom stereocenters. The summed E-state index contributed by atoms with van der Waals surface area (Å²) in [6, 6.07) is 14.1. The maximum Gasteiger partial charge on any atom is 0.307 e. The molecule has 0 radical (unpaired) electrons. The smallest absolute Gasteiger partial charge is 0.307 e. The summed E-state index contributed by atoms with van der Waals surface area (Å²) in [5.74, 6) is -1.02. The Morgan fingerprint density at radius 3 is 2.25 bits per heavy atom. The van der Waals surface area contributed by atoms with Gasteiger partial charge in [0.05, 0.1) is 20.1 Å². The van der Waals surface area contributed by atoms with Gasteiger partial charge in [0, 0.05) is 12.0 Å². The van der Waals surface area contributed by atoms with Crippen LogP contribution >= 0.6 is 0 Å². The highest BCUT2D eigenvalue weighted by atomic mass is 16.5. The average Bonchev–Trinajstić information content (AvgIpc) is 2.61. The van der Waals surface area contributed by atoms with Crippen molar-refractivity contribution in [3.05, 3.63) is 59.7 Å². The number of carboxylic acid groups (broad SMARTS) is 1. The van der Waals surface area contributed by atoms with E-state index in [1.165, 1.54) is 14.2 Å². The molecule has 0 bridgehead atoms. The van der Waals surface area contributed by atoms with Crippen LogP contribution in [-0.4, -0.2) is 31.1 Å². The second-order valence-electron chi connectivity index (χ2n) is 5.42. The molecule has 0 amide bonds. The Kier molecular flexibility index (Phi) is 5.95. The molecule has 0 aliphatic rings. The number of Topliss-reactive ketones (excluding diaryl/α,β-unsaturated/α-hetero) is 1. The Morgan fingerprint density at radius 1 is 1.00 bits per heavy atom. The van der Waals surface area contributed by atoms with Crippen LogP contribution in [0.3, 0.4) is 0 Å². The van der Waals surface area contributed by atoms with E-state index in [4.69, 9.17) is 9.47 Å². The van der Waals surface area contributed by atoms with Gasteiger partial charge in [-0.2, -0.15) is 0 Å². The third kappa shape index (κ3) is 4.35. The maximum absolute atomic E-state index is 12.5. The molecule has 0 aliphatic heterocycles. The summed E-state index contributed by atoms with van der Waals surface area (Å²) in [6.45, 7) is 0. The van der Waals surface area contributed by atoms with Crippen LogP contribution < -0.4 is 9.47 Å². The zero-order chi connectivity index (χ0) is 17.5. The number of hydrogen-bond acceptors (Lipinski definition) is 4. The summed E-state index contributed by atoms with van der Waals surface area (Å²) in [7, 11) is 3.00. The predicted octanol–water partition coefficient (Wildman–Crippen LogP) is 3.22. The summed E-state index contributed by atoms with van der Waals surface area (Å²) in [5.41, 5.74) is 1.30. The lowest BCUT2D eigenvalue weighted by Crippen LogP contribution is -2.20. The highest BCUT2D eigenvalue weighted by Gasteiger charge is 2.23. The number of carbonyl (C=O) groups is 2. The highest BCUT2D eigenvalue weighted by molar-refractivity contribution is 5.98. The largest absolute Gasteiger partial charge is 0.493 e. The third-order valence-corrected chi connectivity index (χ3v) is 3.81. The lowest BCUT2D eigenvalue weighted by atomic mass is 9.92. The third-order valence-electron chi connectivity index (χ3n) is 3.81. The van der Waals surface area contributed by atoms with Crippen LogP contribution in [0, 0.1) is 5.92 Å². The number of ether oxygens (including phenoxy) is 2. The first-order chi connectivity index (χ1) is 11.5. The Bertz CT molecular complexity index is 709. The topological polar surface area (TPSA) is 72.8 Å². The Labute approximate surface area is 140 Å². The summed E-state index contributed by atoms with van der Waals surface area (Å²) >= 11 is 0. The molecule has 0 aromatic heterocycles. The van der Waals surface area contributed by atoms with E-state index in [-0.39, 0.29) is 12.2 Å². The van der Waals surface area contributed by atoms with E-state index in [0.717, 1.165) is 5.56 Å². The van der Waals surface area contributed by atoms with Crippen molar-refractivity contribution in [3.8, 4) is 11.5 Å². The van der Waals surface area contributed by atoms with Crippen molar-refractivity contribution in [2.24, 2.45) is 5.92 Å². The van der Waals surface area contributed by atoms with E-state index >= 15 is 0 Å². The van der Waals surface area contributed by atoms with Crippen LogP contribution in [0.4, 0.5) is 0 Å². The second-order valence-corrected chi connectivity index (χ2v) is 5.42. The maximum atomic E-state index is 12.5. The summed E-state index contributed by atoms with van der Waals surface area (Å²) < 4.78 is 10.3. The molecule has 2 aromatic carbocycles. The van der Waals surface area contributed by atoms with Gasteiger partial charge in [0.25, 0.3) is 0 Å². The molecule has 0 fully saturated rings. The van der Waals surface area contributed by atoms with Crippen LogP contribution in [0.5, 0.6) is 11.5 Å². The molecular formula is C19H20O5. The molecular weight excluding hydrogens is 308 g/mol. The molecule has 0 saturated carbocycles. The molecule has 5 nitrogen and oxygen atoms in total. The van der Waals surface area contributed by atoms with Crippen LogP contribution in [0.25, 0.3) is 0 Å². The summed E-state index contributed by atoms with van der Waals surface area (Å²) in [5, 5.41) is 9.42. The zero-order valence-electron chi connectivity index (χ0n) is 13.7. The van der Waals surface area contributed by atoms with Crippen LogP contribution in [0.15, 0.2) is 48.5 Å². The second kappa shape index (κ2) is 8.15. The average molecular weight is 328 g/mol. The van der Waals surface area contributed by atoms with E-state index in [2.05, 4.69) is 0 Å². The van der Waals surface area contributed by atoms with Crippen molar-refractivity contribution in [2.75, 3.05) is 14.2 Å². The molecule has 2 rings (SSSR count). The molecule has 24 heavy (non-hydrogen) atoms. The van der Waals surface area contributed by atoms with Gasteiger partial charge < -0.3 is 14.6 Å². The molecule has 2 aromatic rings. The number of rotatable bonds is 8. The van der Waals surface area contributed by atoms with Gasteiger partial charge in [-0.25, -0.2) is 0 Å². The number of ketones is 1. The SMILES string of the molecule is COc1ccc(C(=O)CC(Cc2ccccc2)C(=O)O)cc1OC. The van der Waals surface area contributed by atoms with E-state index in [1.54, 1.807) is 18.2 Å². The summed E-state index contributed by atoms with van der Waals surface area (Å²) in [4.78, 5) is 24.0. The van der Waals surface area contributed by atoms with E-state index in [1.807, 2.05) is 30.3 Å². The van der Waals surface area contributed by atoms with Crippen LogP contribution in [0.1, 0.15) is 22.3 Å². The normalized spacial score (nSPS) is 11.6. The Balaban J connectivity index is 2.14. The van der Waals surface area contributed by atoms with Crippen molar-refractivity contribution in [2.45, 2.75) is 12.8 Å². The van der Waals surface area contributed by atoms with Crippen molar-refractivity contribution in [3.63, 3.8) is 0 Å². The zero-order valence-corrected chi connectivity index (χ0v) is 13.7. The minimum Gasteiger partial charge on any atom is -0.493 e. The number of methoxy groups -OCH3 is 2. The van der Waals surface area contributed by atoms with Gasteiger partial charge in [-0.15, -0.1) is 0 Å². The number of hydrogen-bond donors (Lipinski definition) is 1. The van der Waals surface area contributed by atoms with Gasteiger partial charge in [-0.3, -0.25) is 9.59 Å². The molecule has 0 aliphatic carbocycles. The predicted molar refractivity (Wildman–Crippen MR) is 89.8 cm³/mol. The van der Waals surface area contributed by atoms with Gasteiger partial charge in [0.1, 0.15) is 0 Å². The molecule has 0 saturated heterocycles. The first-order valence-corrected chi connectivity index (χ1v) is 7.57. The summed E-state index contributed by atoms with van der Waals surface area (Å²) in [6.07, 6.45) is 0.245. The van der Waals surface area contributed by atoms with Gasteiger partial charge >= 0.3 is 5.97 Å². The van der Waals surface area contributed by atoms with Crippen molar-refractivity contribution in [1.29, 1.82) is 0 Å². The highest BCUT2D eigenvalue weighted by Crippen LogP contribution is 2.28. The van der Waals surface area contributed by atoms with Gasteiger partial charge in [0.15, 0.2) is 17.3 Å². The fourth-order valence-corrected chi connectivity index (χ4v) is 2.50. The van der Waals surface area contributed by atoms with Gasteiger partial charge in [-0.1, -0.05) is 30.3 Å².